The van der Waals surface area contributed by atoms with Crippen molar-refractivity contribution in [1.82, 2.24) is 0 Å². The van der Waals surface area contributed by atoms with Crippen molar-refractivity contribution in [2.24, 2.45) is 10.1 Å². The maximum atomic E-state index is 13.0. The van der Waals surface area contributed by atoms with Crippen LogP contribution >= 0.6 is 15.9 Å². The van der Waals surface area contributed by atoms with Gasteiger partial charge in [0.15, 0.2) is 5.84 Å². The number of rotatable bonds is 3. The van der Waals surface area contributed by atoms with Crippen LogP contribution in [0.25, 0.3) is 0 Å². The fourth-order valence-corrected chi connectivity index (χ4v) is 2.92. The third kappa shape index (κ3) is 4.24. The summed E-state index contributed by atoms with van der Waals surface area (Å²) in [6.07, 6.45) is -2.19. The van der Waals surface area contributed by atoms with Gasteiger partial charge in [0.2, 0.25) is 0 Å². The first-order chi connectivity index (χ1) is 12.4. The van der Waals surface area contributed by atoms with Gasteiger partial charge in [-0.25, -0.2) is 4.99 Å². The van der Waals surface area contributed by atoms with Gasteiger partial charge in [-0.3, -0.25) is 5.01 Å². The standard InChI is InChI=1S/C18H15BrF3N3O/c1-26-14-5-2-12(3-6-14)11-23-17-8-9-25(24-17)13-4-7-16(19)15(10-13)18(20,21)22/h2-7,10-11H,8-9H2,1H3. The maximum Gasteiger partial charge on any atom is 0.417 e. The van der Waals surface area contributed by atoms with Crippen LogP contribution in [-0.2, 0) is 6.18 Å². The van der Waals surface area contributed by atoms with E-state index in [1.54, 1.807) is 19.4 Å². The van der Waals surface area contributed by atoms with Gasteiger partial charge in [0.25, 0.3) is 0 Å². The topological polar surface area (TPSA) is 37.2 Å². The van der Waals surface area contributed by atoms with Crippen LogP contribution in [0.1, 0.15) is 17.5 Å². The molecule has 1 heterocycles. The Morgan fingerprint density at radius 2 is 1.92 bits per heavy atom. The molecule has 3 rings (SSSR count). The summed E-state index contributed by atoms with van der Waals surface area (Å²) in [5, 5.41) is 5.83. The Labute approximate surface area is 157 Å². The van der Waals surface area contributed by atoms with Crippen LogP contribution in [0.4, 0.5) is 18.9 Å². The summed E-state index contributed by atoms with van der Waals surface area (Å²) < 4.78 is 44.2. The lowest BCUT2D eigenvalue weighted by molar-refractivity contribution is -0.138. The van der Waals surface area contributed by atoms with E-state index in [0.717, 1.165) is 17.4 Å². The summed E-state index contributed by atoms with van der Waals surface area (Å²) >= 11 is 2.94. The number of nitrogens with zero attached hydrogens (tertiary/aromatic N) is 3. The zero-order valence-corrected chi connectivity index (χ0v) is 15.4. The second kappa shape index (κ2) is 7.49. The highest BCUT2D eigenvalue weighted by Gasteiger charge is 2.33. The van der Waals surface area contributed by atoms with Crippen LogP contribution < -0.4 is 9.75 Å². The zero-order chi connectivity index (χ0) is 18.7. The fraction of sp³-hybridized carbons (Fsp3) is 0.222. The first kappa shape index (κ1) is 18.4. The van der Waals surface area contributed by atoms with Crippen LogP contribution in [0, 0.1) is 0 Å². The number of methoxy groups -OCH3 is 1. The summed E-state index contributed by atoms with van der Waals surface area (Å²) in [6.45, 7) is 0.480. The van der Waals surface area contributed by atoms with Crippen molar-refractivity contribution < 1.29 is 17.9 Å². The van der Waals surface area contributed by atoms with Crippen molar-refractivity contribution in [2.45, 2.75) is 12.6 Å². The number of alkyl halides is 3. The normalized spacial score (nSPS) is 14.8. The zero-order valence-electron chi connectivity index (χ0n) is 13.8. The van der Waals surface area contributed by atoms with Gasteiger partial charge < -0.3 is 4.74 Å². The number of halogens is 4. The van der Waals surface area contributed by atoms with Crippen molar-refractivity contribution in [3.63, 3.8) is 0 Å². The Morgan fingerprint density at radius 3 is 2.58 bits per heavy atom. The van der Waals surface area contributed by atoms with E-state index in [9.17, 15) is 13.2 Å². The molecule has 0 atom stereocenters. The van der Waals surface area contributed by atoms with E-state index in [1.165, 1.54) is 11.1 Å². The Bertz CT molecular complexity index is 848. The number of hydrogen-bond acceptors (Lipinski definition) is 4. The largest absolute Gasteiger partial charge is 0.497 e. The van der Waals surface area contributed by atoms with Gasteiger partial charge in [-0.15, -0.1) is 0 Å². The van der Waals surface area contributed by atoms with E-state index in [2.05, 4.69) is 26.0 Å². The predicted octanol–water partition coefficient (Wildman–Crippen LogP) is 5.12. The Kier molecular flexibility index (Phi) is 5.31. The summed E-state index contributed by atoms with van der Waals surface area (Å²) in [4.78, 5) is 4.32. The van der Waals surface area contributed by atoms with Crippen LogP contribution in [0.5, 0.6) is 5.75 Å². The Hall–Kier alpha value is -2.35. The van der Waals surface area contributed by atoms with Gasteiger partial charge in [0.1, 0.15) is 5.75 Å². The molecule has 0 radical (unpaired) electrons. The molecule has 26 heavy (non-hydrogen) atoms. The van der Waals surface area contributed by atoms with Gasteiger partial charge in [-0.05, 0) is 48.0 Å². The Morgan fingerprint density at radius 1 is 1.19 bits per heavy atom. The minimum absolute atomic E-state index is 0.00896. The highest BCUT2D eigenvalue weighted by atomic mass is 79.9. The maximum absolute atomic E-state index is 13.0. The molecule has 0 N–H and O–H groups in total. The van der Waals surface area contributed by atoms with Crippen LogP contribution in [0.15, 0.2) is 57.0 Å². The van der Waals surface area contributed by atoms with Crippen LogP contribution in [0.3, 0.4) is 0 Å². The average Bonchev–Trinajstić information content (AvgIpc) is 3.09. The molecule has 0 bridgehead atoms. The monoisotopic (exact) mass is 425 g/mol. The summed E-state index contributed by atoms with van der Waals surface area (Å²) in [5.41, 5.74) is 0.547. The lowest BCUT2D eigenvalue weighted by Gasteiger charge is -2.16. The second-order valence-corrected chi connectivity index (χ2v) is 6.44. The van der Waals surface area contributed by atoms with E-state index in [-0.39, 0.29) is 4.47 Å². The molecule has 0 aliphatic carbocycles. The number of ether oxygens (including phenoxy) is 1. The molecule has 8 heteroatoms. The lowest BCUT2D eigenvalue weighted by atomic mass is 10.2. The van der Waals surface area contributed by atoms with Crippen molar-refractivity contribution in [3.8, 4) is 5.75 Å². The highest BCUT2D eigenvalue weighted by molar-refractivity contribution is 9.10. The van der Waals surface area contributed by atoms with Gasteiger partial charge in [-0.1, -0.05) is 15.9 Å². The lowest BCUT2D eigenvalue weighted by Crippen LogP contribution is -2.14. The van der Waals surface area contributed by atoms with E-state index in [1.807, 2.05) is 24.3 Å². The van der Waals surface area contributed by atoms with Crippen LogP contribution in [0.2, 0.25) is 0 Å². The van der Waals surface area contributed by atoms with Gasteiger partial charge in [0, 0.05) is 23.7 Å². The number of anilines is 1. The van der Waals surface area contributed by atoms with Crippen molar-refractivity contribution in [2.75, 3.05) is 18.7 Å². The van der Waals surface area contributed by atoms with Crippen LogP contribution in [-0.4, -0.2) is 25.7 Å². The molecule has 2 aromatic carbocycles. The molecule has 0 unspecified atom stereocenters. The molecule has 0 spiro atoms. The van der Waals surface area contributed by atoms with E-state index >= 15 is 0 Å². The molecule has 136 valence electrons. The average molecular weight is 426 g/mol. The predicted molar refractivity (Wildman–Crippen MR) is 99.1 cm³/mol. The van der Waals surface area contributed by atoms with Crippen molar-refractivity contribution in [1.29, 1.82) is 0 Å². The smallest absolute Gasteiger partial charge is 0.417 e. The van der Waals surface area contributed by atoms with Gasteiger partial charge >= 0.3 is 6.18 Å². The van der Waals surface area contributed by atoms with E-state index in [4.69, 9.17) is 4.74 Å². The molecule has 1 aliphatic heterocycles. The minimum Gasteiger partial charge on any atom is -0.497 e. The number of hydrogen-bond donors (Lipinski definition) is 0. The molecule has 4 nitrogen and oxygen atoms in total. The summed E-state index contributed by atoms with van der Waals surface area (Å²) in [7, 11) is 1.59. The number of benzene rings is 2. The molecule has 0 amide bonds. The van der Waals surface area contributed by atoms with E-state index < -0.39 is 11.7 Å². The van der Waals surface area contributed by atoms with Gasteiger partial charge in [-0.2, -0.15) is 18.3 Å². The fourth-order valence-electron chi connectivity index (χ4n) is 2.45. The van der Waals surface area contributed by atoms with Crippen molar-refractivity contribution >= 4 is 33.7 Å². The molecule has 1 aliphatic rings. The molecule has 0 fully saturated rings. The van der Waals surface area contributed by atoms with Gasteiger partial charge in [0.05, 0.1) is 18.4 Å². The third-order valence-electron chi connectivity index (χ3n) is 3.82. The molecular formula is C18H15BrF3N3O. The van der Waals surface area contributed by atoms with Crippen molar-refractivity contribution in [3.05, 3.63) is 58.1 Å². The first-order valence-electron chi connectivity index (χ1n) is 7.77. The SMILES string of the molecule is COc1ccc(C=NC2=NN(c3ccc(Br)c(C(F)(F)F)c3)CC2)cc1. The number of hydrazone groups is 1. The summed E-state index contributed by atoms with van der Waals surface area (Å²) in [6, 6.07) is 11.4. The molecule has 0 saturated carbocycles. The number of aliphatic imine (C=N–C) groups is 1. The molecular weight excluding hydrogens is 411 g/mol. The molecule has 0 saturated heterocycles. The highest BCUT2D eigenvalue weighted by Crippen LogP contribution is 2.37. The molecule has 0 aromatic heterocycles. The molecule has 2 aromatic rings. The van der Waals surface area contributed by atoms with E-state index in [0.29, 0.717) is 24.5 Å². The summed E-state index contributed by atoms with van der Waals surface area (Å²) in [5.74, 6) is 1.32. The second-order valence-electron chi connectivity index (χ2n) is 5.58. The Balaban J connectivity index is 1.76. The quantitative estimate of drug-likeness (QED) is 0.639. The first-order valence-corrected chi connectivity index (χ1v) is 8.56. The number of amidine groups is 1. The minimum atomic E-state index is -4.42. The third-order valence-corrected chi connectivity index (χ3v) is 4.51.